The van der Waals surface area contributed by atoms with Gasteiger partial charge in [-0.3, -0.25) is 0 Å². The number of rotatable bonds is 0. The van der Waals surface area contributed by atoms with E-state index in [9.17, 15) is 0 Å². The molecule has 0 amide bonds. The molecule has 168 valence electrons. The van der Waals surface area contributed by atoms with Crippen LogP contribution in [0.3, 0.4) is 0 Å². The summed E-state index contributed by atoms with van der Waals surface area (Å²) >= 11 is 0. The van der Waals surface area contributed by atoms with E-state index in [0.29, 0.717) is 0 Å². The van der Waals surface area contributed by atoms with E-state index in [-0.39, 0.29) is 83.0 Å². The Bertz CT molecular complexity index is 323. The number of hydrogen-bond donors (Lipinski definition) is 0. The van der Waals surface area contributed by atoms with Crippen LogP contribution >= 0.6 is 0 Å². The van der Waals surface area contributed by atoms with Gasteiger partial charge >= 0.3 is 83.0 Å². The molecule has 0 rings (SSSR count). The fraction of sp³-hybridized carbons (Fsp3) is 0. The Kier molecular flexibility index (Phi) is 138. The van der Waals surface area contributed by atoms with Gasteiger partial charge in [-0.2, -0.15) is 0 Å². The minimum atomic E-state index is -3.63. The van der Waals surface area contributed by atoms with E-state index in [4.69, 9.17) is 98.4 Å². The molecule has 32 heavy (non-hydrogen) atoms. The summed E-state index contributed by atoms with van der Waals surface area (Å²) in [7, 11) is -25.4. The predicted molar refractivity (Wildman–Crippen MR) is 56.6 cm³/mol. The summed E-state index contributed by atoms with van der Waals surface area (Å²) in [6.07, 6.45) is 0. The van der Waals surface area contributed by atoms with E-state index in [1.54, 1.807) is 0 Å². The van der Waals surface area contributed by atoms with Crippen LogP contribution in [-0.2, 0) is 74.7 Å². The van der Waals surface area contributed by atoms with Crippen molar-refractivity contribution in [3.05, 3.63) is 0 Å². The Morgan fingerprint density at radius 1 is 0.250 bits per heavy atom. The van der Waals surface area contributed by atoms with Crippen molar-refractivity contribution in [3.8, 4) is 0 Å². The van der Waals surface area contributed by atoms with Crippen molar-refractivity contribution in [3.63, 3.8) is 0 Å². The number of hydrogen-bond acceptors (Lipinski definition) is 21. The molecule has 0 atom stereocenters. The van der Waals surface area contributed by atoms with Crippen molar-refractivity contribution in [2.24, 2.45) is 0 Å². The molecule has 0 fully saturated rings. The Balaban J connectivity index is -0.0000000175. The quantitative estimate of drug-likeness (QED) is 0.206. The molecule has 21 nitrogen and oxygen atoms in total. The average Bonchev–Trinajstić information content (AvgIpc) is 2.20. The molecular formula is Ga2O21Si7Ti2. The molecule has 32 heteroatoms. The first-order valence-electron chi connectivity index (χ1n) is 4.29. The second kappa shape index (κ2) is 63.3. The van der Waals surface area contributed by atoms with E-state index in [1.807, 2.05) is 0 Å². The van der Waals surface area contributed by atoms with E-state index in [0.717, 1.165) is 0 Å². The molecule has 0 saturated heterocycles. The molecule has 0 aromatic rings. The molecule has 0 aliphatic heterocycles. The Labute approximate surface area is 243 Å². The molecule has 0 heterocycles. The normalized spacial score (nSPS) is 5.25. The van der Waals surface area contributed by atoms with Crippen LogP contribution in [0.15, 0.2) is 0 Å². The standard InChI is InChI=1S/2Ga.7O3Si.2Ti/c;;7*1-4(2)3;;/q2*+3;7*-2;2*+4. The largest absolute Gasteiger partial charge is 4.00 e. The van der Waals surface area contributed by atoms with Gasteiger partial charge < -0.3 is 98.4 Å². The molecule has 0 N–H and O–H groups in total. The second-order valence-electron chi connectivity index (χ2n) is 1.75. The Morgan fingerprint density at radius 2 is 0.250 bits per heavy atom. The monoisotopic (exact) mass is 765 g/mol. The first-order chi connectivity index (χ1) is 12.1. The van der Waals surface area contributed by atoms with Gasteiger partial charge in [-0.05, 0) is 0 Å². The van der Waals surface area contributed by atoms with Gasteiger partial charge in [0.15, 0.2) is 0 Å². The van der Waals surface area contributed by atoms with Crippen molar-refractivity contribution in [1.29, 1.82) is 0 Å². The summed E-state index contributed by atoms with van der Waals surface area (Å²) in [6.45, 7) is 0. The second-order valence-corrected chi connectivity index (χ2v) is 5.25. The minimum absolute atomic E-state index is 0. The zero-order valence-electron chi connectivity index (χ0n) is 14.2. The maximum absolute atomic E-state index is 8.52. The summed E-state index contributed by atoms with van der Waals surface area (Å²) in [5, 5.41) is 0. The summed E-state index contributed by atoms with van der Waals surface area (Å²) in [6, 6.07) is 0. The van der Waals surface area contributed by atoms with Crippen LogP contribution in [0.2, 0.25) is 0 Å². The van der Waals surface area contributed by atoms with Crippen molar-refractivity contribution >= 4 is 104 Å². The Hall–Kier alpha value is 0.0195. The van der Waals surface area contributed by atoms with Gasteiger partial charge in [-0.1, -0.05) is 0 Å². The summed E-state index contributed by atoms with van der Waals surface area (Å²) in [5.41, 5.74) is 0. The van der Waals surface area contributed by atoms with Gasteiger partial charge in [0.1, 0.15) is 0 Å². The van der Waals surface area contributed by atoms with E-state index < -0.39 is 64.2 Å². The molecule has 0 bridgehead atoms. The summed E-state index contributed by atoms with van der Waals surface area (Å²) in [4.78, 5) is 119. The zero-order valence-corrected chi connectivity index (χ0v) is 29.2. The van der Waals surface area contributed by atoms with Crippen LogP contribution in [-0.4, -0.2) is 104 Å². The van der Waals surface area contributed by atoms with Gasteiger partial charge in [-0.15, -0.1) is 0 Å². The first kappa shape index (κ1) is 69.7. The van der Waals surface area contributed by atoms with Crippen LogP contribution in [0, 0.1) is 0 Å². The third kappa shape index (κ3) is 66600000. The first-order valence-corrected chi connectivity index (χ1v) is 12.9. The molecule has 0 unspecified atom stereocenters. The molecular weight excluding hydrogens is 768 g/mol. The third-order valence-electron chi connectivity index (χ3n) is 0. The molecule has 0 aromatic carbocycles. The summed E-state index contributed by atoms with van der Waals surface area (Å²) < 4.78 is 59.6. The van der Waals surface area contributed by atoms with Crippen LogP contribution in [0.5, 0.6) is 0 Å². The fourth-order valence-electron chi connectivity index (χ4n) is 0. The van der Waals surface area contributed by atoms with Crippen molar-refractivity contribution in [2.45, 2.75) is 0 Å². The fourth-order valence-corrected chi connectivity index (χ4v) is 0. The van der Waals surface area contributed by atoms with Crippen LogP contribution in [0.1, 0.15) is 0 Å². The van der Waals surface area contributed by atoms with Crippen molar-refractivity contribution < 1.29 is 142 Å². The van der Waals surface area contributed by atoms with Crippen molar-refractivity contribution in [1.82, 2.24) is 0 Å². The predicted octanol–water partition coefficient (Wildman–Crippen LogP) is -20.9. The van der Waals surface area contributed by atoms with E-state index >= 15 is 0 Å². The zero-order chi connectivity index (χ0) is 25.0. The van der Waals surface area contributed by atoms with E-state index in [1.165, 1.54) is 0 Å². The minimum Gasteiger partial charge on any atom is -0.672 e. The molecule has 0 saturated carbocycles. The van der Waals surface area contributed by atoms with E-state index in [2.05, 4.69) is 0 Å². The molecule has 0 radical (unpaired) electrons. The molecule has 0 aliphatic carbocycles. The van der Waals surface area contributed by atoms with Gasteiger partial charge in [0.2, 0.25) is 0 Å². The van der Waals surface area contributed by atoms with Crippen molar-refractivity contribution in [2.75, 3.05) is 0 Å². The third-order valence-corrected chi connectivity index (χ3v) is 0. The average molecular weight is 768 g/mol. The van der Waals surface area contributed by atoms with Gasteiger partial charge in [0.25, 0.3) is 0 Å². The topological polar surface area (TPSA) is 442 Å². The van der Waals surface area contributed by atoms with Gasteiger partial charge in [-0.25, -0.2) is 0 Å². The van der Waals surface area contributed by atoms with Gasteiger partial charge in [0, 0.05) is 64.2 Å². The maximum Gasteiger partial charge on any atom is 4.00 e. The Morgan fingerprint density at radius 3 is 0.250 bits per heavy atom. The van der Waals surface area contributed by atoms with Crippen LogP contribution in [0.4, 0.5) is 0 Å². The summed E-state index contributed by atoms with van der Waals surface area (Å²) in [5.74, 6) is 0. The van der Waals surface area contributed by atoms with Crippen LogP contribution < -0.4 is 67.1 Å². The smallest absolute Gasteiger partial charge is 0.672 e. The molecule has 0 aromatic heterocycles. The van der Waals surface area contributed by atoms with Crippen LogP contribution in [0.25, 0.3) is 0 Å². The van der Waals surface area contributed by atoms with Gasteiger partial charge in [0.05, 0.1) is 0 Å². The molecule has 0 spiro atoms. The molecule has 0 aliphatic rings. The SMILES string of the molecule is O=[Si]([O-])[O-].O=[Si]([O-])[O-].O=[Si]([O-])[O-].O=[Si]([O-])[O-].O=[Si]([O-])[O-].O=[Si]([O-])[O-].O=[Si]([O-])[O-].[Ga+3].[Ga+3].[Ti+4].[Ti+4]. The maximum atomic E-state index is 8.52.